The summed E-state index contributed by atoms with van der Waals surface area (Å²) in [4.78, 5) is 30.3. The first-order chi connectivity index (χ1) is 15.8. The van der Waals surface area contributed by atoms with E-state index >= 15 is 0 Å². The third-order valence-corrected chi connectivity index (χ3v) is 6.21. The first-order valence-electron chi connectivity index (χ1n) is 9.98. The maximum Gasteiger partial charge on any atom is 0.266 e. The van der Waals surface area contributed by atoms with Crippen molar-refractivity contribution >= 4 is 40.2 Å². The Bertz CT molecular complexity index is 1390. The van der Waals surface area contributed by atoms with Crippen LogP contribution in [0.15, 0.2) is 76.7 Å². The van der Waals surface area contributed by atoms with Gasteiger partial charge in [0.1, 0.15) is 11.6 Å². The fourth-order valence-electron chi connectivity index (χ4n) is 3.31. The number of aromatic nitrogens is 2. The van der Waals surface area contributed by atoms with E-state index in [-0.39, 0.29) is 39.3 Å². The van der Waals surface area contributed by atoms with E-state index in [0.717, 1.165) is 17.3 Å². The highest BCUT2D eigenvalue weighted by atomic mass is 35.5. The van der Waals surface area contributed by atoms with E-state index in [1.165, 1.54) is 34.9 Å². The summed E-state index contributed by atoms with van der Waals surface area (Å²) in [5.74, 6) is -1.27. The van der Waals surface area contributed by atoms with Crippen LogP contribution in [-0.2, 0) is 4.79 Å². The van der Waals surface area contributed by atoms with Crippen LogP contribution in [0.3, 0.4) is 0 Å². The van der Waals surface area contributed by atoms with Crippen LogP contribution in [-0.4, -0.2) is 21.2 Å². The number of hydrogen-bond donors (Lipinski definition) is 1. The minimum Gasteiger partial charge on any atom is -0.349 e. The molecule has 0 radical (unpaired) electrons. The first kappa shape index (κ1) is 22.9. The Morgan fingerprint density at radius 2 is 1.85 bits per heavy atom. The average molecular weight is 486 g/mol. The van der Waals surface area contributed by atoms with Crippen LogP contribution in [0.5, 0.6) is 0 Å². The zero-order chi connectivity index (χ0) is 23.5. The largest absolute Gasteiger partial charge is 0.349 e. The Morgan fingerprint density at radius 1 is 1.12 bits per heavy atom. The van der Waals surface area contributed by atoms with Crippen molar-refractivity contribution in [2.75, 3.05) is 5.75 Å². The molecule has 0 saturated heterocycles. The van der Waals surface area contributed by atoms with Crippen LogP contribution in [0.25, 0.3) is 16.6 Å². The van der Waals surface area contributed by atoms with Crippen molar-refractivity contribution in [1.82, 2.24) is 14.9 Å². The topological polar surface area (TPSA) is 64.0 Å². The van der Waals surface area contributed by atoms with Crippen molar-refractivity contribution < 1.29 is 13.6 Å². The molecule has 168 valence electrons. The number of para-hydroxylation sites is 1. The van der Waals surface area contributed by atoms with Crippen LogP contribution < -0.4 is 10.9 Å². The van der Waals surface area contributed by atoms with Crippen LogP contribution in [0, 0.1) is 11.6 Å². The monoisotopic (exact) mass is 485 g/mol. The Hall–Kier alpha value is -3.23. The van der Waals surface area contributed by atoms with Crippen molar-refractivity contribution in [2.24, 2.45) is 0 Å². The molecule has 0 saturated carbocycles. The van der Waals surface area contributed by atoms with Gasteiger partial charge in [-0.1, -0.05) is 47.6 Å². The predicted octanol–water partition coefficient (Wildman–Crippen LogP) is 5.29. The molecule has 1 unspecified atom stereocenters. The summed E-state index contributed by atoms with van der Waals surface area (Å²) in [5.41, 5.74) is 1.23. The van der Waals surface area contributed by atoms with Gasteiger partial charge >= 0.3 is 0 Å². The molecule has 0 aliphatic carbocycles. The number of amides is 1. The van der Waals surface area contributed by atoms with Gasteiger partial charge in [0.15, 0.2) is 5.16 Å². The Labute approximate surface area is 197 Å². The van der Waals surface area contributed by atoms with Gasteiger partial charge in [-0.3, -0.25) is 14.2 Å². The minimum absolute atomic E-state index is 0.0226. The molecule has 1 amide bonds. The lowest BCUT2D eigenvalue weighted by Gasteiger charge is -2.16. The molecule has 0 fully saturated rings. The molecule has 1 aromatic heterocycles. The maximum atomic E-state index is 13.7. The smallest absolute Gasteiger partial charge is 0.266 e. The number of fused-ring (bicyclic) bond motifs is 1. The van der Waals surface area contributed by atoms with E-state index in [1.807, 2.05) is 0 Å². The quantitative estimate of drug-likeness (QED) is 0.298. The Balaban J connectivity index is 1.62. The Kier molecular flexibility index (Phi) is 6.76. The predicted molar refractivity (Wildman–Crippen MR) is 126 cm³/mol. The number of thioether (sulfide) groups is 1. The molecule has 1 atom stereocenters. The van der Waals surface area contributed by atoms with E-state index in [0.29, 0.717) is 16.6 Å². The van der Waals surface area contributed by atoms with Crippen molar-refractivity contribution in [3.05, 3.63) is 99.3 Å². The summed E-state index contributed by atoms with van der Waals surface area (Å²) in [7, 11) is 0. The summed E-state index contributed by atoms with van der Waals surface area (Å²) in [6.07, 6.45) is 0. The molecular weight excluding hydrogens is 468 g/mol. The van der Waals surface area contributed by atoms with Gasteiger partial charge in [0.05, 0.1) is 33.4 Å². The molecule has 4 rings (SSSR count). The summed E-state index contributed by atoms with van der Waals surface area (Å²) in [6.45, 7) is 1.79. The van der Waals surface area contributed by atoms with E-state index < -0.39 is 5.82 Å². The van der Waals surface area contributed by atoms with Gasteiger partial charge in [-0.2, -0.15) is 0 Å². The molecule has 5 nitrogen and oxygen atoms in total. The SMILES string of the molecule is CC(NC(=O)CSc1nc2ccccc2c(=O)n1-c1ccc(F)c(Cl)c1)c1ccc(F)cc1. The number of nitrogens with zero attached hydrogens (tertiary/aromatic N) is 2. The van der Waals surface area contributed by atoms with Gasteiger partial charge in [0.2, 0.25) is 5.91 Å². The molecule has 3 aromatic carbocycles. The van der Waals surface area contributed by atoms with E-state index in [9.17, 15) is 18.4 Å². The number of carbonyl (C=O) groups is 1. The standard InChI is InChI=1S/C24H18ClF2N3O2S/c1-14(15-6-8-16(26)9-7-15)28-22(31)13-33-24-29-21-5-3-2-4-18(21)23(32)30(24)17-10-11-20(27)19(25)12-17/h2-12,14H,13H2,1H3,(H,28,31). The number of halogens is 3. The second kappa shape index (κ2) is 9.72. The zero-order valence-corrected chi connectivity index (χ0v) is 19.0. The lowest BCUT2D eigenvalue weighted by Crippen LogP contribution is -2.29. The molecule has 0 bridgehead atoms. The highest BCUT2D eigenvalue weighted by Gasteiger charge is 2.17. The van der Waals surface area contributed by atoms with E-state index in [2.05, 4.69) is 10.3 Å². The summed E-state index contributed by atoms with van der Waals surface area (Å²) >= 11 is 7.01. The molecule has 0 spiro atoms. The van der Waals surface area contributed by atoms with Crippen LogP contribution in [0.1, 0.15) is 18.5 Å². The minimum atomic E-state index is -0.606. The van der Waals surface area contributed by atoms with Crippen LogP contribution in [0.2, 0.25) is 5.02 Å². The van der Waals surface area contributed by atoms with Gasteiger partial charge in [0, 0.05) is 0 Å². The average Bonchev–Trinajstić information content (AvgIpc) is 2.80. The third kappa shape index (κ3) is 5.07. The summed E-state index contributed by atoms with van der Waals surface area (Å²) in [5, 5.41) is 3.37. The van der Waals surface area contributed by atoms with Crippen molar-refractivity contribution in [3.8, 4) is 5.69 Å². The molecule has 4 aromatic rings. The fraction of sp³-hybridized carbons (Fsp3) is 0.125. The maximum absolute atomic E-state index is 13.7. The van der Waals surface area contributed by atoms with Crippen LogP contribution in [0.4, 0.5) is 8.78 Å². The summed E-state index contributed by atoms with van der Waals surface area (Å²) in [6, 6.07) is 16.3. The van der Waals surface area contributed by atoms with Crippen LogP contribution >= 0.6 is 23.4 Å². The van der Waals surface area contributed by atoms with Gasteiger partial charge in [-0.15, -0.1) is 0 Å². The summed E-state index contributed by atoms with van der Waals surface area (Å²) < 4.78 is 28.1. The lowest BCUT2D eigenvalue weighted by atomic mass is 10.1. The number of nitrogens with one attached hydrogen (secondary N) is 1. The molecule has 1 N–H and O–H groups in total. The zero-order valence-electron chi connectivity index (χ0n) is 17.4. The molecule has 0 aliphatic heterocycles. The molecule has 0 aliphatic rings. The number of hydrogen-bond acceptors (Lipinski definition) is 4. The van der Waals surface area contributed by atoms with Crippen molar-refractivity contribution in [3.63, 3.8) is 0 Å². The Morgan fingerprint density at radius 3 is 2.58 bits per heavy atom. The number of benzene rings is 3. The van der Waals surface area contributed by atoms with Gasteiger partial charge in [0.25, 0.3) is 5.56 Å². The van der Waals surface area contributed by atoms with E-state index in [4.69, 9.17) is 11.6 Å². The molecule has 1 heterocycles. The first-order valence-corrected chi connectivity index (χ1v) is 11.3. The van der Waals surface area contributed by atoms with Gasteiger partial charge in [-0.05, 0) is 55.0 Å². The van der Waals surface area contributed by atoms with Gasteiger partial charge < -0.3 is 5.32 Å². The third-order valence-electron chi connectivity index (χ3n) is 4.99. The van der Waals surface area contributed by atoms with Crippen molar-refractivity contribution in [2.45, 2.75) is 18.1 Å². The second-order valence-corrected chi connectivity index (χ2v) is 8.63. The molecule has 9 heteroatoms. The highest BCUT2D eigenvalue weighted by Crippen LogP contribution is 2.24. The normalized spacial score (nSPS) is 12.0. The number of carbonyl (C=O) groups excluding carboxylic acids is 1. The van der Waals surface area contributed by atoms with E-state index in [1.54, 1.807) is 43.3 Å². The van der Waals surface area contributed by atoms with Gasteiger partial charge in [-0.25, -0.2) is 13.8 Å². The second-order valence-electron chi connectivity index (χ2n) is 7.28. The highest BCUT2D eigenvalue weighted by molar-refractivity contribution is 7.99. The van der Waals surface area contributed by atoms with Crippen molar-refractivity contribution in [1.29, 1.82) is 0 Å². The fourth-order valence-corrected chi connectivity index (χ4v) is 4.31. The molecular formula is C24H18ClF2N3O2S. The molecule has 33 heavy (non-hydrogen) atoms. The lowest BCUT2D eigenvalue weighted by molar-refractivity contribution is -0.119. The number of rotatable bonds is 6.